The molecule has 0 unspecified atom stereocenters. The Morgan fingerprint density at radius 1 is 0.957 bits per heavy atom. The van der Waals surface area contributed by atoms with Crippen LogP contribution in [0.25, 0.3) is 5.69 Å². The van der Waals surface area contributed by atoms with E-state index < -0.39 is 0 Å². The minimum atomic E-state index is 0.861. The van der Waals surface area contributed by atoms with Gasteiger partial charge in [-0.1, -0.05) is 17.7 Å². The van der Waals surface area contributed by atoms with E-state index in [1.54, 1.807) is 7.11 Å². The summed E-state index contributed by atoms with van der Waals surface area (Å²) < 4.78 is 7.35. The maximum Gasteiger partial charge on any atom is 0.119 e. The topological polar surface area (TPSA) is 26.5 Å². The molecule has 0 aliphatic rings. The molecule has 0 aliphatic carbocycles. The number of benzene rings is 2. The minimum absolute atomic E-state index is 0.861. The van der Waals surface area contributed by atoms with Gasteiger partial charge in [-0.15, -0.1) is 0 Å². The molecule has 0 radical (unpaired) electrons. The molecule has 0 aliphatic heterocycles. The van der Waals surface area contributed by atoms with Crippen LogP contribution in [0.5, 0.6) is 5.75 Å². The summed E-state index contributed by atoms with van der Waals surface area (Å²) >= 11 is 0. The molecule has 3 nitrogen and oxygen atoms in total. The number of hydrogen-bond acceptors (Lipinski definition) is 2. The zero-order valence-corrected chi connectivity index (χ0v) is 13.7. The van der Waals surface area contributed by atoms with E-state index in [0.717, 1.165) is 22.7 Å². The fraction of sp³-hybridized carbons (Fsp3) is 0.150. The van der Waals surface area contributed by atoms with Crippen LogP contribution in [0.2, 0.25) is 0 Å². The molecule has 0 saturated heterocycles. The predicted octanol–water partition coefficient (Wildman–Crippen LogP) is 4.85. The molecule has 1 heterocycles. The molecule has 2 aromatic carbocycles. The summed E-state index contributed by atoms with van der Waals surface area (Å²) in [5.74, 6) is 0.861. The molecule has 0 atom stereocenters. The van der Waals surface area contributed by atoms with E-state index in [1.807, 2.05) is 42.6 Å². The van der Waals surface area contributed by atoms with Crippen LogP contribution in [-0.2, 0) is 0 Å². The molecule has 0 fully saturated rings. The second-order valence-electron chi connectivity index (χ2n) is 5.58. The van der Waals surface area contributed by atoms with E-state index in [4.69, 9.17) is 4.74 Å². The third-order valence-corrected chi connectivity index (χ3v) is 3.78. The van der Waals surface area contributed by atoms with E-state index >= 15 is 0 Å². The van der Waals surface area contributed by atoms with Gasteiger partial charge in [-0.05, 0) is 56.3 Å². The number of nitrogens with zero attached hydrogens (tertiary/aromatic N) is 2. The number of aliphatic imine (C=N–C) groups is 1. The number of ether oxygens (including phenoxy) is 1. The van der Waals surface area contributed by atoms with Crippen molar-refractivity contribution in [3.63, 3.8) is 0 Å². The van der Waals surface area contributed by atoms with Crippen LogP contribution in [0.1, 0.15) is 16.8 Å². The van der Waals surface area contributed by atoms with Gasteiger partial charge in [-0.25, -0.2) is 0 Å². The van der Waals surface area contributed by atoms with Crippen LogP contribution in [0.3, 0.4) is 0 Å². The second kappa shape index (κ2) is 6.53. The molecule has 3 heteroatoms. The lowest BCUT2D eigenvalue weighted by Crippen LogP contribution is -1.94. The van der Waals surface area contributed by atoms with Crippen LogP contribution < -0.4 is 4.74 Å². The number of rotatable bonds is 4. The quantitative estimate of drug-likeness (QED) is 0.633. The Morgan fingerprint density at radius 3 is 2.30 bits per heavy atom. The molecule has 3 rings (SSSR count). The SMILES string of the molecule is COc1ccc(-n2cc(C=Nc3ccc(C)cc3)cc2C)cc1. The first-order valence-corrected chi connectivity index (χ1v) is 7.60. The van der Waals surface area contributed by atoms with E-state index in [9.17, 15) is 0 Å². The summed E-state index contributed by atoms with van der Waals surface area (Å²) in [5.41, 5.74) is 5.56. The van der Waals surface area contributed by atoms with Gasteiger partial charge in [0.2, 0.25) is 0 Å². The molecule has 1 aromatic heterocycles. The van der Waals surface area contributed by atoms with Crippen molar-refractivity contribution in [1.82, 2.24) is 4.57 Å². The highest BCUT2D eigenvalue weighted by Crippen LogP contribution is 2.19. The monoisotopic (exact) mass is 304 g/mol. The van der Waals surface area contributed by atoms with Crippen molar-refractivity contribution in [2.24, 2.45) is 4.99 Å². The van der Waals surface area contributed by atoms with Gasteiger partial charge in [0, 0.05) is 29.4 Å². The van der Waals surface area contributed by atoms with E-state index in [-0.39, 0.29) is 0 Å². The molecule has 0 bridgehead atoms. The molecule has 116 valence electrons. The molecule has 0 N–H and O–H groups in total. The normalized spacial score (nSPS) is 11.1. The van der Waals surface area contributed by atoms with Gasteiger partial charge in [0.05, 0.1) is 12.8 Å². The lowest BCUT2D eigenvalue weighted by Gasteiger charge is -2.06. The third kappa shape index (κ3) is 3.51. The van der Waals surface area contributed by atoms with Crippen molar-refractivity contribution in [2.45, 2.75) is 13.8 Å². The van der Waals surface area contributed by atoms with Crippen molar-refractivity contribution in [1.29, 1.82) is 0 Å². The molecule has 0 spiro atoms. The smallest absolute Gasteiger partial charge is 0.119 e. The second-order valence-corrected chi connectivity index (χ2v) is 5.58. The average molecular weight is 304 g/mol. The van der Waals surface area contributed by atoms with Gasteiger partial charge in [-0.3, -0.25) is 4.99 Å². The summed E-state index contributed by atoms with van der Waals surface area (Å²) in [6.07, 6.45) is 3.99. The molecule has 23 heavy (non-hydrogen) atoms. The van der Waals surface area contributed by atoms with Gasteiger partial charge in [-0.2, -0.15) is 0 Å². The van der Waals surface area contributed by atoms with Crippen LogP contribution in [0, 0.1) is 13.8 Å². The van der Waals surface area contributed by atoms with Gasteiger partial charge < -0.3 is 9.30 Å². The maximum atomic E-state index is 5.21. The van der Waals surface area contributed by atoms with Crippen molar-refractivity contribution in [2.75, 3.05) is 7.11 Å². The standard InChI is InChI=1S/C20H20N2O/c1-15-4-6-18(7-5-15)21-13-17-12-16(2)22(14-17)19-8-10-20(23-3)11-9-19/h4-14H,1-3H3. The fourth-order valence-electron chi connectivity index (χ4n) is 2.47. The predicted molar refractivity (Wildman–Crippen MR) is 95.5 cm³/mol. The highest BCUT2D eigenvalue weighted by Gasteiger charge is 2.03. The molecule has 0 amide bonds. The Labute approximate surface area is 136 Å². The lowest BCUT2D eigenvalue weighted by molar-refractivity contribution is 0.414. The average Bonchev–Trinajstić information content (AvgIpc) is 2.95. The fourth-order valence-corrected chi connectivity index (χ4v) is 2.47. The third-order valence-electron chi connectivity index (χ3n) is 3.78. The van der Waals surface area contributed by atoms with E-state index in [2.05, 4.69) is 47.8 Å². The highest BCUT2D eigenvalue weighted by atomic mass is 16.5. The lowest BCUT2D eigenvalue weighted by atomic mass is 10.2. The number of aromatic nitrogens is 1. The zero-order valence-electron chi connectivity index (χ0n) is 13.7. The van der Waals surface area contributed by atoms with Crippen LogP contribution in [0.15, 0.2) is 65.8 Å². The number of hydrogen-bond donors (Lipinski definition) is 0. The first-order chi connectivity index (χ1) is 11.2. The summed E-state index contributed by atoms with van der Waals surface area (Å²) in [6, 6.07) is 18.4. The van der Waals surface area contributed by atoms with Gasteiger partial charge in [0.25, 0.3) is 0 Å². The Balaban J connectivity index is 1.83. The first kappa shape index (κ1) is 15.1. The van der Waals surface area contributed by atoms with Crippen LogP contribution in [-0.4, -0.2) is 17.9 Å². The van der Waals surface area contributed by atoms with E-state index in [0.29, 0.717) is 0 Å². The van der Waals surface area contributed by atoms with Crippen molar-refractivity contribution in [3.8, 4) is 11.4 Å². The minimum Gasteiger partial charge on any atom is -0.497 e. The largest absolute Gasteiger partial charge is 0.497 e. The van der Waals surface area contributed by atoms with Gasteiger partial charge in [0.1, 0.15) is 5.75 Å². The zero-order chi connectivity index (χ0) is 16.2. The molecular weight excluding hydrogens is 284 g/mol. The summed E-state index contributed by atoms with van der Waals surface area (Å²) in [5, 5.41) is 0. The Morgan fingerprint density at radius 2 is 1.65 bits per heavy atom. The highest BCUT2D eigenvalue weighted by molar-refractivity contribution is 5.82. The Kier molecular flexibility index (Phi) is 4.29. The molecule has 3 aromatic rings. The van der Waals surface area contributed by atoms with E-state index in [1.165, 1.54) is 11.3 Å². The number of aryl methyl sites for hydroxylation is 2. The summed E-state index contributed by atoms with van der Waals surface area (Å²) in [6.45, 7) is 4.17. The van der Waals surface area contributed by atoms with Crippen molar-refractivity contribution < 1.29 is 4.74 Å². The Bertz CT molecular complexity index is 812. The van der Waals surface area contributed by atoms with Crippen LogP contribution >= 0.6 is 0 Å². The van der Waals surface area contributed by atoms with Crippen molar-refractivity contribution in [3.05, 3.63) is 77.6 Å². The summed E-state index contributed by atoms with van der Waals surface area (Å²) in [4.78, 5) is 4.53. The van der Waals surface area contributed by atoms with Crippen molar-refractivity contribution >= 4 is 11.9 Å². The maximum absolute atomic E-state index is 5.21. The molecule has 0 saturated carbocycles. The first-order valence-electron chi connectivity index (χ1n) is 7.60. The van der Waals surface area contributed by atoms with Gasteiger partial charge in [0.15, 0.2) is 0 Å². The molecular formula is C20H20N2O. The van der Waals surface area contributed by atoms with Gasteiger partial charge >= 0.3 is 0 Å². The number of methoxy groups -OCH3 is 1. The summed E-state index contributed by atoms with van der Waals surface area (Å²) in [7, 11) is 1.68. The van der Waals surface area contributed by atoms with Crippen LogP contribution in [0.4, 0.5) is 5.69 Å². The Hall–Kier alpha value is -2.81.